The Balaban J connectivity index is 1.67. The van der Waals surface area contributed by atoms with Crippen LogP contribution in [-0.4, -0.2) is 18.5 Å². The third kappa shape index (κ3) is 3.10. The maximum Gasteiger partial charge on any atom is -0.0276 e. The molecule has 2 rings (SSSR count). The van der Waals surface area contributed by atoms with Gasteiger partial charge in [-0.1, -0.05) is 30.3 Å². The van der Waals surface area contributed by atoms with Crippen LogP contribution < -0.4 is 0 Å². The van der Waals surface area contributed by atoms with Gasteiger partial charge in [-0.3, -0.25) is 0 Å². The maximum atomic E-state index is 2.25. The second-order valence-electron chi connectivity index (χ2n) is 4.14. The molecule has 1 heterocycles. The summed E-state index contributed by atoms with van der Waals surface area (Å²) in [5.74, 6) is 0. The van der Waals surface area contributed by atoms with E-state index in [2.05, 4.69) is 30.3 Å². The van der Waals surface area contributed by atoms with E-state index < -0.39 is 0 Å². The van der Waals surface area contributed by atoms with Crippen molar-refractivity contribution in [2.75, 3.05) is 18.5 Å². The van der Waals surface area contributed by atoms with Gasteiger partial charge < -0.3 is 0 Å². The summed E-state index contributed by atoms with van der Waals surface area (Å²) in [7, 11) is 0.459. The molecule has 14 heavy (non-hydrogen) atoms. The molecule has 0 N–H and O–H groups in total. The molecule has 0 nitrogen and oxygen atoms in total. The number of hydrogen-bond donors (Lipinski definition) is 0. The summed E-state index contributed by atoms with van der Waals surface area (Å²) >= 11 is 0. The zero-order valence-electron chi connectivity index (χ0n) is 8.78. The van der Waals surface area contributed by atoms with Crippen LogP contribution in [0.1, 0.15) is 24.8 Å². The lowest BCUT2D eigenvalue weighted by Gasteiger charge is -2.08. The van der Waals surface area contributed by atoms with Crippen molar-refractivity contribution >= 4 is 7.92 Å². The van der Waals surface area contributed by atoms with Crippen molar-refractivity contribution in [1.29, 1.82) is 0 Å². The predicted molar refractivity (Wildman–Crippen MR) is 65.5 cm³/mol. The summed E-state index contributed by atoms with van der Waals surface area (Å²) in [6.45, 7) is 0. The zero-order chi connectivity index (χ0) is 9.64. The average molecular weight is 206 g/mol. The molecule has 0 bridgehead atoms. The van der Waals surface area contributed by atoms with Crippen LogP contribution in [0.5, 0.6) is 0 Å². The fourth-order valence-electron chi connectivity index (χ4n) is 2.16. The Bertz CT molecular complexity index is 249. The molecule has 76 valence electrons. The van der Waals surface area contributed by atoms with E-state index in [1.807, 2.05) is 0 Å². The minimum absolute atomic E-state index is 0.459. The van der Waals surface area contributed by atoms with Gasteiger partial charge in [0.25, 0.3) is 0 Å². The summed E-state index contributed by atoms with van der Waals surface area (Å²) in [4.78, 5) is 0. The minimum atomic E-state index is 0.459. The zero-order valence-corrected chi connectivity index (χ0v) is 9.68. The molecule has 0 atom stereocenters. The molecule has 0 aromatic heterocycles. The van der Waals surface area contributed by atoms with Crippen LogP contribution in [0, 0.1) is 0 Å². The highest BCUT2D eigenvalue weighted by Crippen LogP contribution is 2.43. The molecule has 1 aromatic rings. The van der Waals surface area contributed by atoms with Gasteiger partial charge in [0.05, 0.1) is 0 Å². The molecule has 0 saturated carbocycles. The lowest BCUT2D eigenvalue weighted by molar-refractivity contribution is 0.927. The van der Waals surface area contributed by atoms with Crippen LogP contribution in [0.2, 0.25) is 0 Å². The van der Waals surface area contributed by atoms with Crippen molar-refractivity contribution < 1.29 is 0 Å². The van der Waals surface area contributed by atoms with Crippen LogP contribution in [0.4, 0.5) is 0 Å². The number of hydrogen-bond acceptors (Lipinski definition) is 0. The van der Waals surface area contributed by atoms with Crippen molar-refractivity contribution in [1.82, 2.24) is 0 Å². The third-order valence-electron chi connectivity index (χ3n) is 2.98. The smallest absolute Gasteiger partial charge is 0.0276 e. The molecule has 0 radical (unpaired) electrons. The first kappa shape index (κ1) is 10.2. The molecule has 0 spiro atoms. The van der Waals surface area contributed by atoms with Gasteiger partial charge in [0.2, 0.25) is 0 Å². The van der Waals surface area contributed by atoms with Gasteiger partial charge in [0.15, 0.2) is 0 Å². The van der Waals surface area contributed by atoms with E-state index in [9.17, 15) is 0 Å². The highest BCUT2D eigenvalue weighted by atomic mass is 31.1. The first-order valence-corrected chi connectivity index (χ1v) is 7.61. The monoisotopic (exact) mass is 206 g/mol. The molecule has 1 heteroatoms. The molecule has 0 unspecified atom stereocenters. The maximum absolute atomic E-state index is 2.25. The minimum Gasteiger partial charge on any atom is -0.107 e. The molecular formula is C13H19P. The van der Waals surface area contributed by atoms with E-state index in [0.717, 1.165) is 0 Å². The van der Waals surface area contributed by atoms with E-state index in [4.69, 9.17) is 0 Å². The lowest BCUT2D eigenvalue weighted by Crippen LogP contribution is -1.90. The van der Waals surface area contributed by atoms with Crippen LogP contribution >= 0.6 is 7.92 Å². The van der Waals surface area contributed by atoms with Gasteiger partial charge in [-0.2, -0.15) is 0 Å². The van der Waals surface area contributed by atoms with Gasteiger partial charge in [-0.25, -0.2) is 0 Å². The standard InChI is InChI=1S/C13H19P/c1-2-7-13(8-3-1)9-6-12-14-10-4-5-11-14/h1-3,7-8H,4-6,9-12H2. The number of rotatable bonds is 4. The van der Waals surface area contributed by atoms with Crippen LogP contribution in [0.15, 0.2) is 30.3 Å². The summed E-state index contributed by atoms with van der Waals surface area (Å²) < 4.78 is 0. The third-order valence-corrected chi connectivity index (χ3v) is 5.83. The lowest BCUT2D eigenvalue weighted by atomic mass is 10.1. The van der Waals surface area contributed by atoms with Crippen molar-refractivity contribution in [3.63, 3.8) is 0 Å². The molecule has 1 fully saturated rings. The molecule has 1 saturated heterocycles. The first-order chi connectivity index (χ1) is 6.95. The summed E-state index contributed by atoms with van der Waals surface area (Å²) in [5, 5.41) is 0. The van der Waals surface area contributed by atoms with E-state index in [0.29, 0.717) is 7.92 Å². The van der Waals surface area contributed by atoms with Crippen LogP contribution in [-0.2, 0) is 6.42 Å². The fourth-order valence-corrected chi connectivity index (χ4v) is 4.78. The molecule has 1 aliphatic heterocycles. The summed E-state index contributed by atoms with van der Waals surface area (Å²) in [6.07, 6.45) is 10.4. The normalized spacial score (nSPS) is 17.4. The summed E-state index contributed by atoms with van der Waals surface area (Å²) in [5.41, 5.74) is 1.52. The molecular weight excluding hydrogens is 187 g/mol. The molecule has 1 aromatic carbocycles. The van der Waals surface area contributed by atoms with Crippen LogP contribution in [0.3, 0.4) is 0 Å². The van der Waals surface area contributed by atoms with Gasteiger partial charge >= 0.3 is 0 Å². The number of aryl methyl sites for hydroxylation is 1. The second-order valence-corrected chi connectivity index (χ2v) is 6.82. The van der Waals surface area contributed by atoms with Crippen molar-refractivity contribution in [3.8, 4) is 0 Å². The van der Waals surface area contributed by atoms with Gasteiger partial charge in [-0.05, 0) is 49.7 Å². The highest BCUT2D eigenvalue weighted by Gasteiger charge is 2.12. The van der Waals surface area contributed by atoms with E-state index in [-0.39, 0.29) is 0 Å². The van der Waals surface area contributed by atoms with E-state index >= 15 is 0 Å². The topological polar surface area (TPSA) is 0 Å². The van der Waals surface area contributed by atoms with Crippen LogP contribution in [0.25, 0.3) is 0 Å². The van der Waals surface area contributed by atoms with Gasteiger partial charge in [0, 0.05) is 0 Å². The quantitative estimate of drug-likeness (QED) is 0.655. The predicted octanol–water partition coefficient (Wildman–Crippen LogP) is 3.89. The highest BCUT2D eigenvalue weighted by molar-refractivity contribution is 7.57. The Hall–Kier alpha value is -0.350. The Morgan fingerprint density at radius 3 is 2.43 bits per heavy atom. The first-order valence-electron chi connectivity index (χ1n) is 5.71. The SMILES string of the molecule is c1ccc(CCCP2CCCC2)cc1. The fraction of sp³-hybridized carbons (Fsp3) is 0.538. The largest absolute Gasteiger partial charge is 0.107 e. The average Bonchev–Trinajstić information content (AvgIpc) is 2.72. The molecule has 0 amide bonds. The van der Waals surface area contributed by atoms with Crippen molar-refractivity contribution in [2.24, 2.45) is 0 Å². The Morgan fingerprint density at radius 1 is 1.00 bits per heavy atom. The van der Waals surface area contributed by atoms with Crippen molar-refractivity contribution in [3.05, 3.63) is 35.9 Å². The van der Waals surface area contributed by atoms with Gasteiger partial charge in [0.1, 0.15) is 0 Å². The summed E-state index contributed by atoms with van der Waals surface area (Å²) in [6, 6.07) is 10.9. The van der Waals surface area contributed by atoms with Crippen molar-refractivity contribution in [2.45, 2.75) is 25.7 Å². The second kappa shape index (κ2) is 5.51. The molecule has 1 aliphatic rings. The Labute approximate surface area is 88.5 Å². The van der Waals surface area contributed by atoms with Gasteiger partial charge in [-0.15, -0.1) is 7.92 Å². The molecule has 0 aliphatic carbocycles. The van der Waals surface area contributed by atoms with E-state index in [1.165, 1.54) is 37.4 Å². The number of benzene rings is 1. The Kier molecular flexibility index (Phi) is 4.01. The van der Waals surface area contributed by atoms with E-state index in [1.54, 1.807) is 12.3 Å². The Morgan fingerprint density at radius 2 is 1.71 bits per heavy atom.